The molecule has 1 heterocycles. The van der Waals surface area contributed by atoms with E-state index in [0.717, 1.165) is 24.8 Å². The van der Waals surface area contributed by atoms with E-state index in [-0.39, 0.29) is 10.6 Å². The first-order chi connectivity index (χ1) is 13.9. The van der Waals surface area contributed by atoms with Gasteiger partial charge in [0.25, 0.3) is 0 Å². The SMILES string of the molecule is COc1ccc(/C=C/C(=O)Oc2cccc(C)c2)cc1S(=O)(=O)N1CCCCC1. The van der Waals surface area contributed by atoms with Crippen molar-refractivity contribution in [3.05, 3.63) is 59.7 Å². The largest absolute Gasteiger partial charge is 0.495 e. The number of aryl methyl sites for hydroxylation is 1. The maximum absolute atomic E-state index is 13.1. The summed E-state index contributed by atoms with van der Waals surface area (Å²) in [7, 11) is -2.22. The third-order valence-electron chi connectivity index (χ3n) is 4.74. The molecular formula is C22H25NO5S. The Bertz CT molecular complexity index is 1010. The molecular weight excluding hydrogens is 390 g/mol. The fourth-order valence-electron chi connectivity index (χ4n) is 3.24. The molecule has 1 aliphatic heterocycles. The van der Waals surface area contributed by atoms with Gasteiger partial charge in [-0.3, -0.25) is 0 Å². The number of nitrogens with zero attached hydrogens (tertiary/aromatic N) is 1. The van der Waals surface area contributed by atoms with Crippen LogP contribution in [0, 0.1) is 6.92 Å². The molecule has 0 aliphatic carbocycles. The Kier molecular flexibility index (Phi) is 6.71. The number of hydrogen-bond donors (Lipinski definition) is 0. The highest BCUT2D eigenvalue weighted by molar-refractivity contribution is 7.89. The van der Waals surface area contributed by atoms with Crippen LogP contribution >= 0.6 is 0 Å². The molecule has 0 amide bonds. The van der Waals surface area contributed by atoms with Gasteiger partial charge in [0.05, 0.1) is 7.11 Å². The van der Waals surface area contributed by atoms with Crippen LogP contribution in [0.2, 0.25) is 0 Å². The molecule has 2 aromatic carbocycles. The molecule has 1 saturated heterocycles. The van der Waals surface area contributed by atoms with Crippen molar-refractivity contribution in [2.45, 2.75) is 31.1 Å². The molecule has 0 bridgehead atoms. The van der Waals surface area contributed by atoms with E-state index in [4.69, 9.17) is 9.47 Å². The maximum Gasteiger partial charge on any atom is 0.336 e. The third kappa shape index (κ3) is 5.25. The lowest BCUT2D eigenvalue weighted by Crippen LogP contribution is -2.35. The number of rotatable bonds is 6. The summed E-state index contributed by atoms with van der Waals surface area (Å²) < 4.78 is 38.2. The summed E-state index contributed by atoms with van der Waals surface area (Å²) >= 11 is 0. The summed E-state index contributed by atoms with van der Waals surface area (Å²) in [5.74, 6) is 0.213. The van der Waals surface area contributed by atoms with Crippen LogP contribution in [0.3, 0.4) is 0 Å². The minimum Gasteiger partial charge on any atom is -0.495 e. The fraction of sp³-hybridized carbons (Fsp3) is 0.318. The van der Waals surface area contributed by atoms with E-state index in [2.05, 4.69) is 0 Å². The van der Waals surface area contributed by atoms with Gasteiger partial charge >= 0.3 is 5.97 Å². The van der Waals surface area contributed by atoms with Gasteiger partial charge in [0.1, 0.15) is 16.4 Å². The number of sulfonamides is 1. The molecule has 29 heavy (non-hydrogen) atoms. The number of piperidine rings is 1. The Morgan fingerprint density at radius 2 is 1.83 bits per heavy atom. The van der Waals surface area contributed by atoms with E-state index in [1.165, 1.54) is 29.6 Å². The second kappa shape index (κ2) is 9.24. The Morgan fingerprint density at radius 1 is 1.07 bits per heavy atom. The van der Waals surface area contributed by atoms with E-state index in [9.17, 15) is 13.2 Å². The fourth-order valence-corrected chi connectivity index (χ4v) is 4.94. The molecule has 0 unspecified atom stereocenters. The molecule has 7 heteroatoms. The van der Waals surface area contributed by atoms with Gasteiger partial charge in [0.15, 0.2) is 0 Å². The smallest absolute Gasteiger partial charge is 0.336 e. The van der Waals surface area contributed by atoms with Gasteiger partial charge in [-0.05, 0) is 61.2 Å². The summed E-state index contributed by atoms with van der Waals surface area (Å²) in [4.78, 5) is 12.2. The second-order valence-electron chi connectivity index (χ2n) is 6.95. The third-order valence-corrected chi connectivity index (χ3v) is 6.66. The van der Waals surface area contributed by atoms with Crippen molar-refractivity contribution >= 4 is 22.1 Å². The number of esters is 1. The number of carbonyl (C=O) groups excluding carboxylic acids is 1. The number of carbonyl (C=O) groups is 1. The Balaban J connectivity index is 1.80. The molecule has 0 atom stereocenters. The van der Waals surface area contributed by atoms with Crippen molar-refractivity contribution in [1.29, 1.82) is 0 Å². The van der Waals surface area contributed by atoms with Gasteiger partial charge in [-0.1, -0.05) is 24.6 Å². The van der Waals surface area contributed by atoms with Crippen LogP contribution in [0.1, 0.15) is 30.4 Å². The first kappa shape index (κ1) is 21.1. The zero-order valence-corrected chi connectivity index (χ0v) is 17.4. The lowest BCUT2D eigenvalue weighted by atomic mass is 10.2. The summed E-state index contributed by atoms with van der Waals surface area (Å²) in [6.45, 7) is 2.93. The average Bonchev–Trinajstić information content (AvgIpc) is 2.72. The van der Waals surface area contributed by atoms with E-state index >= 15 is 0 Å². The lowest BCUT2D eigenvalue weighted by Gasteiger charge is -2.26. The van der Waals surface area contributed by atoms with Gasteiger partial charge in [0, 0.05) is 19.2 Å². The van der Waals surface area contributed by atoms with Gasteiger partial charge in [-0.15, -0.1) is 0 Å². The molecule has 0 N–H and O–H groups in total. The number of benzene rings is 2. The number of ether oxygens (including phenoxy) is 2. The van der Waals surface area contributed by atoms with Crippen molar-refractivity contribution in [2.75, 3.05) is 20.2 Å². The predicted octanol–water partition coefficient (Wildman–Crippen LogP) is 3.80. The molecule has 1 fully saturated rings. The minimum absolute atomic E-state index is 0.108. The summed E-state index contributed by atoms with van der Waals surface area (Å²) in [6.07, 6.45) is 5.56. The molecule has 0 spiro atoms. The molecule has 3 rings (SSSR count). The van der Waals surface area contributed by atoms with E-state index in [1.807, 2.05) is 19.1 Å². The van der Waals surface area contributed by atoms with Crippen LogP contribution in [0.25, 0.3) is 6.08 Å². The van der Waals surface area contributed by atoms with E-state index in [0.29, 0.717) is 24.4 Å². The number of methoxy groups -OCH3 is 1. The highest BCUT2D eigenvalue weighted by Crippen LogP contribution is 2.30. The van der Waals surface area contributed by atoms with Gasteiger partial charge in [-0.2, -0.15) is 4.31 Å². The van der Waals surface area contributed by atoms with Gasteiger partial charge in [-0.25, -0.2) is 13.2 Å². The van der Waals surface area contributed by atoms with Crippen molar-refractivity contribution in [2.24, 2.45) is 0 Å². The molecule has 0 radical (unpaired) electrons. The quantitative estimate of drug-likeness (QED) is 0.408. The van der Waals surface area contributed by atoms with Crippen molar-refractivity contribution in [1.82, 2.24) is 4.31 Å². The summed E-state index contributed by atoms with van der Waals surface area (Å²) in [6, 6.07) is 12.0. The van der Waals surface area contributed by atoms with E-state index < -0.39 is 16.0 Å². The van der Waals surface area contributed by atoms with Crippen LogP contribution in [-0.4, -0.2) is 38.9 Å². The first-order valence-electron chi connectivity index (χ1n) is 9.55. The zero-order chi connectivity index (χ0) is 20.9. The Labute approximate surface area is 171 Å². The van der Waals surface area contributed by atoms with Crippen molar-refractivity contribution < 1.29 is 22.7 Å². The summed E-state index contributed by atoms with van der Waals surface area (Å²) in [5, 5.41) is 0. The van der Waals surface area contributed by atoms with Gasteiger partial charge in [0.2, 0.25) is 10.0 Å². The Morgan fingerprint density at radius 3 is 2.52 bits per heavy atom. The van der Waals surface area contributed by atoms with Crippen LogP contribution in [0.5, 0.6) is 11.5 Å². The van der Waals surface area contributed by atoms with Crippen LogP contribution in [0.4, 0.5) is 0 Å². The van der Waals surface area contributed by atoms with Crippen molar-refractivity contribution in [3.63, 3.8) is 0 Å². The standard InChI is InChI=1S/C22H25NO5S/c1-17-7-6-8-19(15-17)28-22(24)12-10-18-9-11-20(27-2)21(16-18)29(25,26)23-13-4-3-5-14-23/h6-12,15-16H,3-5,13-14H2,1-2H3/b12-10+. The monoisotopic (exact) mass is 415 g/mol. The second-order valence-corrected chi connectivity index (χ2v) is 8.85. The van der Waals surface area contributed by atoms with E-state index in [1.54, 1.807) is 24.3 Å². The molecule has 154 valence electrons. The first-order valence-corrected chi connectivity index (χ1v) is 11.0. The molecule has 2 aromatic rings. The maximum atomic E-state index is 13.1. The lowest BCUT2D eigenvalue weighted by molar-refractivity contribution is -0.128. The van der Waals surface area contributed by atoms with Crippen LogP contribution in [0.15, 0.2) is 53.4 Å². The average molecular weight is 416 g/mol. The topological polar surface area (TPSA) is 72.9 Å². The molecule has 0 saturated carbocycles. The van der Waals surface area contributed by atoms with Crippen LogP contribution < -0.4 is 9.47 Å². The molecule has 0 aromatic heterocycles. The Hall–Kier alpha value is -2.64. The normalized spacial score (nSPS) is 15.4. The van der Waals surface area contributed by atoms with Crippen LogP contribution in [-0.2, 0) is 14.8 Å². The summed E-state index contributed by atoms with van der Waals surface area (Å²) in [5.41, 5.74) is 1.56. The highest BCUT2D eigenvalue weighted by atomic mass is 32.2. The minimum atomic E-state index is -3.66. The highest BCUT2D eigenvalue weighted by Gasteiger charge is 2.29. The molecule has 1 aliphatic rings. The predicted molar refractivity (Wildman–Crippen MR) is 111 cm³/mol. The van der Waals surface area contributed by atoms with Gasteiger partial charge < -0.3 is 9.47 Å². The molecule has 6 nitrogen and oxygen atoms in total. The number of hydrogen-bond acceptors (Lipinski definition) is 5. The zero-order valence-electron chi connectivity index (χ0n) is 16.6. The van der Waals surface area contributed by atoms with Crippen molar-refractivity contribution in [3.8, 4) is 11.5 Å².